The van der Waals surface area contributed by atoms with E-state index in [2.05, 4.69) is 15.3 Å². The number of nitrogens with two attached hydrogens (primary N) is 1. The van der Waals surface area contributed by atoms with Gasteiger partial charge in [-0.3, -0.25) is 4.79 Å². The Bertz CT molecular complexity index is 1220. The van der Waals surface area contributed by atoms with E-state index < -0.39 is 15.9 Å². The van der Waals surface area contributed by atoms with Gasteiger partial charge in [0.05, 0.1) is 28.7 Å². The normalized spacial score (nSPS) is 17.3. The van der Waals surface area contributed by atoms with E-state index in [9.17, 15) is 13.2 Å². The van der Waals surface area contributed by atoms with Gasteiger partial charge >= 0.3 is 0 Å². The van der Waals surface area contributed by atoms with Gasteiger partial charge in [0.1, 0.15) is 18.2 Å². The average Bonchev–Trinajstić information content (AvgIpc) is 3.29. The molecule has 0 aliphatic carbocycles. The number of primary amides is 1. The zero-order valence-electron chi connectivity index (χ0n) is 16.5. The maximum atomic E-state index is 11.8. The van der Waals surface area contributed by atoms with E-state index in [1.807, 2.05) is 13.0 Å². The van der Waals surface area contributed by atoms with Crippen LogP contribution < -0.4 is 15.8 Å². The van der Waals surface area contributed by atoms with Gasteiger partial charge in [0.25, 0.3) is 0 Å². The van der Waals surface area contributed by atoms with E-state index in [1.165, 1.54) is 16.9 Å². The average molecular weight is 448 g/mol. The lowest BCUT2D eigenvalue weighted by Crippen LogP contribution is -2.30. The molecular weight excluding hydrogens is 426 g/mol. The van der Waals surface area contributed by atoms with Crippen molar-refractivity contribution in [3.8, 4) is 5.75 Å². The Hall–Kier alpha value is -2.76. The fraction of sp³-hybridized carbons (Fsp3) is 0.316. The molecule has 158 valence electrons. The number of nitrogens with zero attached hydrogens (tertiary/aromatic N) is 3. The highest BCUT2D eigenvalue weighted by Gasteiger charge is 2.30. The molecule has 1 aliphatic heterocycles. The minimum Gasteiger partial charge on any atom is -0.487 e. The summed E-state index contributed by atoms with van der Waals surface area (Å²) in [5.74, 6) is 0.458. The molecule has 1 unspecified atom stereocenters. The summed E-state index contributed by atoms with van der Waals surface area (Å²) in [7, 11) is -3.28. The van der Waals surface area contributed by atoms with Gasteiger partial charge in [-0.1, -0.05) is 0 Å². The highest BCUT2D eigenvalue weighted by molar-refractivity contribution is 7.88. The number of carbonyl (C=O) groups excluding carboxylic acids is 1. The van der Waals surface area contributed by atoms with Crippen LogP contribution in [0.5, 0.6) is 5.75 Å². The maximum Gasteiger partial charge on any atom is 0.248 e. The first-order chi connectivity index (χ1) is 14.2. The molecule has 4 rings (SSSR count). The molecule has 1 fully saturated rings. The Morgan fingerprint density at radius 1 is 1.33 bits per heavy atom. The molecule has 11 heteroatoms. The van der Waals surface area contributed by atoms with Gasteiger partial charge < -0.3 is 15.8 Å². The topological polar surface area (TPSA) is 128 Å². The Balaban J connectivity index is 1.65. The maximum absolute atomic E-state index is 11.8. The summed E-state index contributed by atoms with van der Waals surface area (Å²) in [6, 6.07) is 6.85. The second-order valence-corrected chi connectivity index (χ2v) is 10.4. The predicted octanol–water partition coefficient (Wildman–Crippen LogP) is 2.25. The molecule has 2 aromatic heterocycles. The van der Waals surface area contributed by atoms with Crippen LogP contribution in [0.15, 0.2) is 30.6 Å². The summed E-state index contributed by atoms with van der Waals surface area (Å²) in [5, 5.41) is 3.26. The van der Waals surface area contributed by atoms with Crippen LogP contribution in [0, 0.1) is 6.92 Å². The first kappa shape index (κ1) is 20.5. The van der Waals surface area contributed by atoms with Crippen LogP contribution in [0.1, 0.15) is 21.7 Å². The molecule has 3 aromatic rings. The third-order valence-corrected chi connectivity index (χ3v) is 7.14. The van der Waals surface area contributed by atoms with Crippen molar-refractivity contribution in [1.82, 2.24) is 14.3 Å². The molecule has 1 aromatic carbocycles. The monoisotopic (exact) mass is 447 g/mol. The fourth-order valence-electron chi connectivity index (χ4n) is 3.34. The molecule has 30 heavy (non-hydrogen) atoms. The number of amides is 1. The van der Waals surface area contributed by atoms with Crippen LogP contribution >= 0.6 is 11.3 Å². The quantitative estimate of drug-likeness (QED) is 0.593. The van der Waals surface area contributed by atoms with E-state index in [4.69, 9.17) is 10.5 Å². The van der Waals surface area contributed by atoms with Gasteiger partial charge in [0.15, 0.2) is 5.82 Å². The summed E-state index contributed by atoms with van der Waals surface area (Å²) in [4.78, 5) is 21.4. The molecule has 9 nitrogen and oxygen atoms in total. The highest BCUT2D eigenvalue weighted by Crippen LogP contribution is 2.35. The summed E-state index contributed by atoms with van der Waals surface area (Å²) in [6.45, 7) is 2.64. The molecule has 0 saturated carbocycles. The van der Waals surface area contributed by atoms with Crippen LogP contribution in [-0.2, 0) is 10.0 Å². The van der Waals surface area contributed by atoms with E-state index in [0.717, 1.165) is 15.1 Å². The van der Waals surface area contributed by atoms with E-state index in [-0.39, 0.29) is 12.6 Å². The van der Waals surface area contributed by atoms with E-state index >= 15 is 0 Å². The number of ether oxygens (including phenoxy) is 1. The second-order valence-electron chi connectivity index (χ2n) is 7.14. The molecule has 1 saturated heterocycles. The minimum atomic E-state index is -3.28. The number of aryl methyl sites for hydroxylation is 1. The van der Waals surface area contributed by atoms with Crippen molar-refractivity contribution in [3.63, 3.8) is 0 Å². The third kappa shape index (κ3) is 4.23. The van der Waals surface area contributed by atoms with Gasteiger partial charge in [-0.05, 0) is 37.6 Å². The van der Waals surface area contributed by atoms with Crippen LogP contribution in [-0.4, -0.2) is 54.0 Å². The van der Waals surface area contributed by atoms with E-state index in [0.29, 0.717) is 35.8 Å². The zero-order chi connectivity index (χ0) is 21.5. The SMILES string of the molecule is Cc1cc2ncnc(Nc3ccc(C(N)=O)cc3OC3CCN(S(C)(=O)=O)C3)c2s1. The molecule has 3 N–H and O–H groups in total. The standard InChI is InChI=1S/C19H21N5O4S2/c1-11-7-15-17(29-11)19(22-10-21-15)23-14-4-3-12(18(20)25)8-16(14)28-13-5-6-24(9-13)30(2,26)27/h3-4,7-8,10,13H,5-6,9H2,1-2H3,(H2,20,25)(H,21,22,23). The molecule has 1 aliphatic rings. The fourth-order valence-corrected chi connectivity index (χ4v) is 5.12. The van der Waals surface area contributed by atoms with Crippen molar-refractivity contribution >= 4 is 49.0 Å². The number of hydrogen-bond donors (Lipinski definition) is 2. The van der Waals surface area contributed by atoms with Crippen LogP contribution in [0.3, 0.4) is 0 Å². The second kappa shape index (κ2) is 7.82. The summed E-state index contributed by atoms with van der Waals surface area (Å²) < 4.78 is 32.0. The molecule has 1 amide bonds. The summed E-state index contributed by atoms with van der Waals surface area (Å²) in [5.41, 5.74) is 7.17. The number of nitrogens with one attached hydrogen (secondary N) is 1. The Labute approximate surface area is 177 Å². The van der Waals surface area contributed by atoms with Crippen molar-refractivity contribution in [2.45, 2.75) is 19.4 Å². The smallest absolute Gasteiger partial charge is 0.248 e. The molecular formula is C19H21N5O4S2. The van der Waals surface area contributed by atoms with Gasteiger partial charge in [0, 0.05) is 17.0 Å². The third-order valence-electron chi connectivity index (χ3n) is 4.82. The number of fused-ring (bicyclic) bond motifs is 1. The summed E-state index contributed by atoms with van der Waals surface area (Å²) in [6.07, 6.45) is 2.88. The highest BCUT2D eigenvalue weighted by atomic mass is 32.2. The number of hydrogen-bond acceptors (Lipinski definition) is 8. The Kier molecular flexibility index (Phi) is 5.35. The zero-order valence-corrected chi connectivity index (χ0v) is 18.1. The lowest BCUT2D eigenvalue weighted by molar-refractivity contribution is 0.0999. The largest absolute Gasteiger partial charge is 0.487 e. The van der Waals surface area contributed by atoms with Crippen LogP contribution in [0.4, 0.5) is 11.5 Å². The Morgan fingerprint density at radius 3 is 2.83 bits per heavy atom. The Morgan fingerprint density at radius 2 is 2.13 bits per heavy atom. The van der Waals surface area contributed by atoms with Crippen molar-refractivity contribution in [2.75, 3.05) is 24.7 Å². The minimum absolute atomic E-state index is 0.251. The number of anilines is 2. The number of carbonyl (C=O) groups is 1. The number of thiophene rings is 1. The van der Waals surface area contributed by atoms with Crippen molar-refractivity contribution in [1.29, 1.82) is 0 Å². The van der Waals surface area contributed by atoms with Crippen molar-refractivity contribution < 1.29 is 17.9 Å². The first-order valence-electron chi connectivity index (χ1n) is 9.24. The van der Waals surface area contributed by atoms with Gasteiger partial charge in [-0.25, -0.2) is 18.4 Å². The predicted molar refractivity (Wildman–Crippen MR) is 116 cm³/mol. The molecule has 0 spiro atoms. The number of sulfonamides is 1. The van der Waals surface area contributed by atoms with Crippen LogP contribution in [0.2, 0.25) is 0 Å². The summed E-state index contributed by atoms with van der Waals surface area (Å²) >= 11 is 1.57. The number of aromatic nitrogens is 2. The lowest BCUT2D eigenvalue weighted by atomic mass is 10.1. The van der Waals surface area contributed by atoms with Crippen LogP contribution in [0.25, 0.3) is 10.2 Å². The van der Waals surface area contributed by atoms with Gasteiger partial charge in [-0.2, -0.15) is 4.31 Å². The van der Waals surface area contributed by atoms with Gasteiger partial charge in [0.2, 0.25) is 15.9 Å². The first-order valence-corrected chi connectivity index (χ1v) is 11.9. The number of benzene rings is 1. The lowest BCUT2D eigenvalue weighted by Gasteiger charge is -2.19. The van der Waals surface area contributed by atoms with Gasteiger partial charge in [-0.15, -0.1) is 11.3 Å². The molecule has 0 bridgehead atoms. The molecule has 1 atom stereocenters. The van der Waals surface area contributed by atoms with Crippen molar-refractivity contribution in [2.24, 2.45) is 5.73 Å². The van der Waals surface area contributed by atoms with Crippen molar-refractivity contribution in [3.05, 3.63) is 41.0 Å². The molecule has 3 heterocycles. The van der Waals surface area contributed by atoms with E-state index in [1.54, 1.807) is 29.5 Å². The number of rotatable bonds is 6. The molecule has 0 radical (unpaired) electrons.